The van der Waals surface area contributed by atoms with E-state index in [0.29, 0.717) is 25.4 Å². The lowest BCUT2D eigenvalue weighted by molar-refractivity contribution is -0.144. The van der Waals surface area contributed by atoms with Crippen molar-refractivity contribution in [3.05, 3.63) is 0 Å². The number of carbonyl (C=O) groups excluding carboxylic acids is 1. The number of rotatable bonds is 6. The zero-order valence-electron chi connectivity index (χ0n) is 11.4. The summed E-state index contributed by atoms with van der Waals surface area (Å²) < 4.78 is 0. The van der Waals surface area contributed by atoms with Crippen molar-refractivity contribution in [3.63, 3.8) is 0 Å². The van der Waals surface area contributed by atoms with Gasteiger partial charge in [0.25, 0.3) is 0 Å². The van der Waals surface area contributed by atoms with E-state index < -0.39 is 11.5 Å². The number of carboxylic acids is 1. The maximum Gasteiger partial charge on any atom is 0.329 e. The predicted molar refractivity (Wildman–Crippen MR) is 71.0 cm³/mol. The highest BCUT2D eigenvalue weighted by Gasteiger charge is 2.42. The number of amides is 2. The second kappa shape index (κ2) is 5.77. The molecule has 0 unspecified atom stereocenters. The number of carboxylic acid groups (broad SMARTS) is 1. The lowest BCUT2D eigenvalue weighted by Crippen LogP contribution is -2.56. The van der Waals surface area contributed by atoms with Gasteiger partial charge in [-0.25, -0.2) is 9.59 Å². The van der Waals surface area contributed by atoms with Crippen molar-refractivity contribution < 1.29 is 14.7 Å². The van der Waals surface area contributed by atoms with Crippen LogP contribution in [0.25, 0.3) is 0 Å². The first kappa shape index (κ1) is 14.1. The molecule has 2 amide bonds. The zero-order chi connectivity index (χ0) is 13.9. The molecule has 2 rings (SSSR count). The highest BCUT2D eigenvalue weighted by atomic mass is 16.4. The molecule has 0 bridgehead atoms. The van der Waals surface area contributed by atoms with Crippen LogP contribution in [0.4, 0.5) is 4.79 Å². The Bertz CT molecular complexity index is 349. The van der Waals surface area contributed by atoms with Crippen LogP contribution in [0.3, 0.4) is 0 Å². The number of likely N-dealkylation sites (N-methyl/N-ethyl adjacent to an activating group) is 1. The van der Waals surface area contributed by atoms with Gasteiger partial charge < -0.3 is 20.6 Å². The van der Waals surface area contributed by atoms with E-state index >= 15 is 0 Å². The van der Waals surface area contributed by atoms with E-state index in [1.54, 1.807) is 0 Å². The Morgan fingerprint density at radius 1 is 1.32 bits per heavy atom. The Balaban J connectivity index is 1.72. The van der Waals surface area contributed by atoms with Crippen molar-refractivity contribution >= 4 is 12.0 Å². The van der Waals surface area contributed by atoms with Gasteiger partial charge >= 0.3 is 12.0 Å². The average molecular weight is 269 g/mol. The van der Waals surface area contributed by atoms with Gasteiger partial charge in [-0.1, -0.05) is 12.8 Å². The third kappa shape index (κ3) is 3.59. The lowest BCUT2D eigenvalue weighted by atomic mass is 9.98. The fourth-order valence-corrected chi connectivity index (χ4v) is 2.68. The van der Waals surface area contributed by atoms with Crippen LogP contribution in [0.1, 0.15) is 38.5 Å². The standard InChI is InChI=1S/C13H23N3O3/c1-16(10-4-5-10)9-8-14-12(19)15-13(11(17)18)6-2-3-7-13/h10H,2-9H2,1H3,(H,17,18)(H2,14,15,19). The van der Waals surface area contributed by atoms with Crippen molar-refractivity contribution in [2.75, 3.05) is 20.1 Å². The van der Waals surface area contributed by atoms with Crippen molar-refractivity contribution in [1.82, 2.24) is 15.5 Å². The monoisotopic (exact) mass is 269 g/mol. The molecule has 0 aromatic heterocycles. The molecule has 108 valence electrons. The first-order valence-electron chi connectivity index (χ1n) is 7.03. The summed E-state index contributed by atoms with van der Waals surface area (Å²) in [6.45, 7) is 1.35. The van der Waals surface area contributed by atoms with E-state index in [-0.39, 0.29) is 6.03 Å². The summed E-state index contributed by atoms with van der Waals surface area (Å²) in [5, 5.41) is 14.6. The van der Waals surface area contributed by atoms with E-state index in [1.807, 2.05) is 7.05 Å². The molecule has 0 heterocycles. The number of urea groups is 1. The molecule has 2 saturated carbocycles. The van der Waals surface area contributed by atoms with Crippen LogP contribution in [0, 0.1) is 0 Å². The van der Waals surface area contributed by atoms with E-state index in [0.717, 1.165) is 19.4 Å². The number of hydrogen-bond acceptors (Lipinski definition) is 3. The largest absolute Gasteiger partial charge is 0.480 e. The summed E-state index contributed by atoms with van der Waals surface area (Å²) in [5.74, 6) is -0.921. The second-order valence-electron chi connectivity index (χ2n) is 5.69. The van der Waals surface area contributed by atoms with Gasteiger partial charge in [0.05, 0.1) is 0 Å². The van der Waals surface area contributed by atoms with Crippen LogP contribution in [0.5, 0.6) is 0 Å². The molecular formula is C13H23N3O3. The van der Waals surface area contributed by atoms with Crippen molar-refractivity contribution in [2.45, 2.75) is 50.1 Å². The molecule has 0 atom stereocenters. The van der Waals surface area contributed by atoms with Crippen LogP contribution < -0.4 is 10.6 Å². The SMILES string of the molecule is CN(CCNC(=O)NC1(C(=O)O)CCCC1)C1CC1. The minimum absolute atomic E-state index is 0.367. The third-order valence-corrected chi connectivity index (χ3v) is 4.14. The van der Waals surface area contributed by atoms with Gasteiger partial charge in [-0.15, -0.1) is 0 Å². The maximum absolute atomic E-state index is 11.8. The topological polar surface area (TPSA) is 81.7 Å². The third-order valence-electron chi connectivity index (χ3n) is 4.14. The number of nitrogens with zero attached hydrogens (tertiary/aromatic N) is 1. The van der Waals surface area contributed by atoms with Gasteiger partial charge in [-0.05, 0) is 32.7 Å². The van der Waals surface area contributed by atoms with E-state index in [4.69, 9.17) is 0 Å². The summed E-state index contributed by atoms with van der Waals surface area (Å²) in [6.07, 6.45) is 5.25. The van der Waals surface area contributed by atoms with E-state index in [2.05, 4.69) is 15.5 Å². The Labute approximate surface area is 113 Å². The highest BCUT2D eigenvalue weighted by molar-refractivity contribution is 5.86. The van der Waals surface area contributed by atoms with Crippen LogP contribution in [-0.4, -0.2) is 53.7 Å². The smallest absolute Gasteiger partial charge is 0.329 e. The Morgan fingerprint density at radius 2 is 1.95 bits per heavy atom. The first-order valence-corrected chi connectivity index (χ1v) is 7.03. The molecule has 0 spiro atoms. The molecule has 0 aromatic rings. The molecule has 6 nitrogen and oxygen atoms in total. The maximum atomic E-state index is 11.8. The molecule has 0 aliphatic heterocycles. The molecule has 3 N–H and O–H groups in total. The fourth-order valence-electron chi connectivity index (χ4n) is 2.68. The molecule has 0 radical (unpaired) electrons. The van der Waals surface area contributed by atoms with Gasteiger partial charge in [-0.3, -0.25) is 0 Å². The minimum Gasteiger partial charge on any atom is -0.480 e. The van der Waals surface area contributed by atoms with Gasteiger partial charge in [0.1, 0.15) is 5.54 Å². The molecule has 2 fully saturated rings. The average Bonchev–Trinajstić information content (AvgIpc) is 3.10. The molecular weight excluding hydrogens is 246 g/mol. The highest BCUT2D eigenvalue weighted by Crippen LogP contribution is 2.29. The molecule has 0 aromatic carbocycles. The Morgan fingerprint density at radius 3 is 2.47 bits per heavy atom. The summed E-state index contributed by atoms with van der Waals surface area (Å²) in [6, 6.07) is 0.304. The van der Waals surface area contributed by atoms with Gasteiger partial charge in [0, 0.05) is 19.1 Å². The summed E-state index contributed by atoms with van der Waals surface area (Å²) in [5.41, 5.74) is -1.05. The number of nitrogens with one attached hydrogen (secondary N) is 2. The van der Waals surface area contributed by atoms with E-state index in [1.165, 1.54) is 12.8 Å². The molecule has 6 heteroatoms. The van der Waals surface area contributed by atoms with Crippen LogP contribution in [0.2, 0.25) is 0 Å². The molecule has 2 aliphatic carbocycles. The lowest BCUT2D eigenvalue weighted by Gasteiger charge is -2.25. The van der Waals surface area contributed by atoms with Gasteiger partial charge in [-0.2, -0.15) is 0 Å². The van der Waals surface area contributed by atoms with Gasteiger partial charge in [0.15, 0.2) is 0 Å². The number of aliphatic carboxylic acids is 1. The van der Waals surface area contributed by atoms with Crippen LogP contribution >= 0.6 is 0 Å². The van der Waals surface area contributed by atoms with Gasteiger partial charge in [0.2, 0.25) is 0 Å². The minimum atomic E-state index is -1.05. The molecule has 19 heavy (non-hydrogen) atoms. The number of carbonyl (C=O) groups is 2. The fraction of sp³-hybridized carbons (Fsp3) is 0.846. The number of hydrogen-bond donors (Lipinski definition) is 3. The Kier molecular flexibility index (Phi) is 4.29. The normalized spacial score (nSPS) is 21.4. The second-order valence-corrected chi connectivity index (χ2v) is 5.69. The predicted octanol–water partition coefficient (Wildman–Crippen LogP) is 0.777. The summed E-state index contributed by atoms with van der Waals surface area (Å²) in [4.78, 5) is 25.3. The quantitative estimate of drug-likeness (QED) is 0.665. The van der Waals surface area contributed by atoms with Crippen molar-refractivity contribution in [2.24, 2.45) is 0 Å². The zero-order valence-corrected chi connectivity index (χ0v) is 11.4. The van der Waals surface area contributed by atoms with Crippen LogP contribution in [-0.2, 0) is 4.79 Å². The molecule has 0 saturated heterocycles. The van der Waals surface area contributed by atoms with Crippen molar-refractivity contribution in [1.29, 1.82) is 0 Å². The molecule has 2 aliphatic rings. The summed E-state index contributed by atoms with van der Waals surface area (Å²) >= 11 is 0. The van der Waals surface area contributed by atoms with Crippen LogP contribution in [0.15, 0.2) is 0 Å². The Hall–Kier alpha value is -1.30. The van der Waals surface area contributed by atoms with Crippen molar-refractivity contribution in [3.8, 4) is 0 Å². The van der Waals surface area contributed by atoms with E-state index in [9.17, 15) is 14.7 Å². The first-order chi connectivity index (χ1) is 9.03. The summed E-state index contributed by atoms with van der Waals surface area (Å²) in [7, 11) is 2.05.